The lowest BCUT2D eigenvalue weighted by Crippen LogP contribution is -2.56. The molecule has 1 unspecified atom stereocenters. The van der Waals surface area contributed by atoms with Crippen LogP contribution < -0.4 is 0 Å². The Balaban J connectivity index is 1.56. The summed E-state index contributed by atoms with van der Waals surface area (Å²) in [6, 6.07) is 10.2. The van der Waals surface area contributed by atoms with Crippen LogP contribution in [0, 0.1) is 5.92 Å². The van der Waals surface area contributed by atoms with E-state index in [1.165, 1.54) is 5.56 Å². The molecule has 1 atom stereocenters. The Hall–Kier alpha value is -2.04. The second-order valence-corrected chi connectivity index (χ2v) is 5.57. The molecule has 1 aromatic rings. The second kappa shape index (κ2) is 5.15. The fourth-order valence-corrected chi connectivity index (χ4v) is 2.92. The fraction of sp³-hybridized carbons (Fsp3) is 0.467. The molecule has 2 fully saturated rings. The minimum atomic E-state index is -0.808. The highest BCUT2D eigenvalue weighted by molar-refractivity contribution is 5.80. The van der Waals surface area contributed by atoms with E-state index in [9.17, 15) is 9.59 Å². The fourth-order valence-electron chi connectivity index (χ4n) is 2.92. The zero-order chi connectivity index (χ0) is 14.1. The third kappa shape index (κ3) is 2.35. The number of hydrogen-bond donors (Lipinski definition) is 1. The summed E-state index contributed by atoms with van der Waals surface area (Å²) in [4.78, 5) is 26.5. The van der Waals surface area contributed by atoms with Gasteiger partial charge in [-0.25, -0.2) is 4.79 Å². The van der Waals surface area contributed by atoms with Gasteiger partial charge in [0, 0.05) is 32.1 Å². The molecule has 20 heavy (non-hydrogen) atoms. The van der Waals surface area contributed by atoms with E-state index < -0.39 is 5.97 Å². The number of rotatable bonds is 2. The number of hydrogen-bond acceptors (Lipinski definition) is 2. The van der Waals surface area contributed by atoms with Gasteiger partial charge in [0.05, 0.1) is 5.92 Å². The Morgan fingerprint density at radius 2 is 1.75 bits per heavy atom. The highest BCUT2D eigenvalue weighted by Crippen LogP contribution is 2.29. The van der Waals surface area contributed by atoms with Crippen molar-refractivity contribution in [2.75, 3.05) is 26.2 Å². The molecule has 0 aromatic heterocycles. The van der Waals surface area contributed by atoms with Gasteiger partial charge in [0.15, 0.2) is 0 Å². The van der Waals surface area contributed by atoms with Crippen LogP contribution in [0.25, 0.3) is 0 Å². The van der Waals surface area contributed by atoms with Crippen molar-refractivity contribution < 1.29 is 14.7 Å². The van der Waals surface area contributed by atoms with Crippen molar-refractivity contribution in [2.24, 2.45) is 5.92 Å². The van der Waals surface area contributed by atoms with E-state index in [1.807, 2.05) is 23.1 Å². The second-order valence-electron chi connectivity index (χ2n) is 5.57. The highest BCUT2D eigenvalue weighted by atomic mass is 16.4. The number of benzene rings is 1. The molecular formula is C15H18N2O3. The average molecular weight is 274 g/mol. The largest absolute Gasteiger partial charge is 0.481 e. The lowest BCUT2D eigenvalue weighted by Gasteiger charge is -2.39. The van der Waals surface area contributed by atoms with E-state index in [4.69, 9.17) is 5.11 Å². The van der Waals surface area contributed by atoms with E-state index in [0.29, 0.717) is 19.0 Å². The van der Waals surface area contributed by atoms with E-state index in [-0.39, 0.29) is 11.9 Å². The standard InChI is InChI=1S/C15H18N2O3/c18-14(19)13-9-17(10-13)15(20)16-7-6-12(8-16)11-4-2-1-3-5-11/h1-5,12-13H,6-10H2,(H,18,19). The number of carboxylic acids is 1. The molecule has 2 aliphatic rings. The molecule has 2 amide bonds. The van der Waals surface area contributed by atoms with Crippen LogP contribution in [-0.4, -0.2) is 53.1 Å². The molecule has 2 aliphatic heterocycles. The maximum atomic E-state index is 12.2. The number of urea groups is 1. The van der Waals surface area contributed by atoms with Crippen molar-refractivity contribution >= 4 is 12.0 Å². The summed E-state index contributed by atoms with van der Waals surface area (Å²) in [7, 11) is 0. The summed E-state index contributed by atoms with van der Waals surface area (Å²) in [5.41, 5.74) is 1.27. The zero-order valence-corrected chi connectivity index (χ0v) is 11.2. The summed E-state index contributed by atoms with van der Waals surface area (Å²) in [5, 5.41) is 8.84. The smallest absolute Gasteiger partial charge is 0.320 e. The van der Waals surface area contributed by atoms with E-state index in [2.05, 4.69) is 12.1 Å². The van der Waals surface area contributed by atoms with E-state index in [1.54, 1.807) is 4.90 Å². The van der Waals surface area contributed by atoms with Gasteiger partial charge in [-0.05, 0) is 12.0 Å². The molecule has 5 heteroatoms. The van der Waals surface area contributed by atoms with Crippen molar-refractivity contribution in [1.82, 2.24) is 9.80 Å². The van der Waals surface area contributed by atoms with Crippen LogP contribution in [0.1, 0.15) is 17.9 Å². The minimum Gasteiger partial charge on any atom is -0.481 e. The third-order valence-electron chi connectivity index (χ3n) is 4.23. The Bertz CT molecular complexity index is 511. The third-order valence-corrected chi connectivity index (χ3v) is 4.23. The Kier molecular flexibility index (Phi) is 3.34. The van der Waals surface area contributed by atoms with Gasteiger partial charge in [0.1, 0.15) is 0 Å². The number of nitrogens with zero attached hydrogens (tertiary/aromatic N) is 2. The Morgan fingerprint density at radius 1 is 1.05 bits per heavy atom. The number of amides is 2. The van der Waals surface area contributed by atoms with Crippen molar-refractivity contribution in [3.8, 4) is 0 Å². The maximum absolute atomic E-state index is 12.2. The van der Waals surface area contributed by atoms with Crippen molar-refractivity contribution in [3.05, 3.63) is 35.9 Å². The monoisotopic (exact) mass is 274 g/mol. The molecule has 1 N–H and O–H groups in total. The summed E-state index contributed by atoms with van der Waals surface area (Å²) < 4.78 is 0. The normalized spacial score (nSPS) is 22.7. The Labute approximate surface area is 117 Å². The first-order chi connectivity index (χ1) is 9.65. The predicted molar refractivity (Wildman–Crippen MR) is 73.5 cm³/mol. The molecule has 5 nitrogen and oxygen atoms in total. The number of carbonyl (C=O) groups is 2. The zero-order valence-electron chi connectivity index (χ0n) is 11.2. The first-order valence-electron chi connectivity index (χ1n) is 6.97. The van der Waals surface area contributed by atoms with Crippen LogP contribution >= 0.6 is 0 Å². The predicted octanol–water partition coefficient (Wildman–Crippen LogP) is 1.61. The molecular weight excluding hydrogens is 256 g/mol. The van der Waals surface area contributed by atoms with Crippen LogP contribution in [0.15, 0.2) is 30.3 Å². The summed E-state index contributed by atoms with van der Waals surface area (Å²) in [6.07, 6.45) is 0.978. The summed E-state index contributed by atoms with van der Waals surface area (Å²) >= 11 is 0. The van der Waals surface area contributed by atoms with Gasteiger partial charge < -0.3 is 14.9 Å². The molecule has 0 bridgehead atoms. The molecule has 0 spiro atoms. The first kappa shape index (κ1) is 13.0. The number of carboxylic acid groups (broad SMARTS) is 1. The Morgan fingerprint density at radius 3 is 2.40 bits per heavy atom. The van der Waals surface area contributed by atoms with E-state index in [0.717, 1.165) is 19.5 Å². The minimum absolute atomic E-state index is 0.0130. The van der Waals surface area contributed by atoms with Crippen LogP contribution in [0.2, 0.25) is 0 Å². The molecule has 0 radical (unpaired) electrons. The molecule has 0 saturated carbocycles. The van der Waals surface area contributed by atoms with Gasteiger partial charge in [0.25, 0.3) is 0 Å². The number of aliphatic carboxylic acids is 1. The van der Waals surface area contributed by atoms with Crippen molar-refractivity contribution in [2.45, 2.75) is 12.3 Å². The summed E-state index contributed by atoms with van der Waals surface area (Å²) in [6.45, 7) is 2.19. The molecule has 1 aromatic carbocycles. The quantitative estimate of drug-likeness (QED) is 0.891. The van der Waals surface area contributed by atoms with Gasteiger partial charge in [-0.1, -0.05) is 30.3 Å². The van der Waals surface area contributed by atoms with Crippen molar-refractivity contribution in [3.63, 3.8) is 0 Å². The average Bonchev–Trinajstić information content (AvgIpc) is 2.87. The molecule has 2 saturated heterocycles. The maximum Gasteiger partial charge on any atom is 0.320 e. The van der Waals surface area contributed by atoms with Gasteiger partial charge in [0.2, 0.25) is 0 Å². The van der Waals surface area contributed by atoms with Gasteiger partial charge in [-0.15, -0.1) is 0 Å². The molecule has 106 valence electrons. The van der Waals surface area contributed by atoms with Gasteiger partial charge in [-0.3, -0.25) is 4.79 Å². The van der Waals surface area contributed by atoms with Crippen LogP contribution in [-0.2, 0) is 4.79 Å². The van der Waals surface area contributed by atoms with Gasteiger partial charge in [-0.2, -0.15) is 0 Å². The molecule has 0 aliphatic carbocycles. The van der Waals surface area contributed by atoms with Gasteiger partial charge >= 0.3 is 12.0 Å². The number of likely N-dealkylation sites (tertiary alicyclic amines) is 2. The molecule has 3 rings (SSSR count). The topological polar surface area (TPSA) is 60.9 Å². The number of carbonyl (C=O) groups excluding carboxylic acids is 1. The van der Waals surface area contributed by atoms with Crippen LogP contribution in [0.3, 0.4) is 0 Å². The van der Waals surface area contributed by atoms with Crippen molar-refractivity contribution in [1.29, 1.82) is 0 Å². The lowest BCUT2D eigenvalue weighted by molar-refractivity contribution is -0.146. The molecule has 2 heterocycles. The highest BCUT2D eigenvalue weighted by Gasteiger charge is 2.39. The van der Waals surface area contributed by atoms with Crippen LogP contribution in [0.5, 0.6) is 0 Å². The van der Waals surface area contributed by atoms with E-state index >= 15 is 0 Å². The lowest BCUT2D eigenvalue weighted by atomic mass is 9.99. The SMILES string of the molecule is O=C(O)C1CN(C(=O)N2CCC(c3ccccc3)C2)C1. The van der Waals surface area contributed by atoms with Crippen LogP contribution in [0.4, 0.5) is 4.79 Å². The first-order valence-corrected chi connectivity index (χ1v) is 6.97. The summed E-state index contributed by atoms with van der Waals surface area (Å²) in [5.74, 6) is -0.791.